The van der Waals surface area contributed by atoms with E-state index in [1.807, 2.05) is 20.8 Å². The van der Waals surface area contributed by atoms with E-state index in [1.165, 1.54) is 6.21 Å². The highest BCUT2D eigenvalue weighted by Gasteiger charge is 2.14. The lowest BCUT2D eigenvalue weighted by Crippen LogP contribution is -2.41. The predicted molar refractivity (Wildman–Crippen MR) is 86.3 cm³/mol. The largest absolute Gasteiger partial charge is 0.492 e. The van der Waals surface area contributed by atoms with Gasteiger partial charge in [0.15, 0.2) is 0 Å². The number of amides is 2. The molecule has 6 nitrogen and oxygen atoms in total. The third-order valence-electron chi connectivity index (χ3n) is 2.83. The molecule has 2 amide bonds. The van der Waals surface area contributed by atoms with E-state index in [2.05, 4.69) is 15.8 Å². The van der Waals surface area contributed by atoms with Crippen molar-refractivity contribution in [2.24, 2.45) is 5.10 Å². The molecule has 7 heteroatoms. The van der Waals surface area contributed by atoms with Crippen LogP contribution in [0.5, 0.6) is 5.75 Å². The number of ether oxygens (including phenoxy) is 1. The number of hydrogen-bond donors (Lipinski definition) is 2. The number of hydrazone groups is 1. The van der Waals surface area contributed by atoms with Gasteiger partial charge >= 0.3 is 11.8 Å². The highest BCUT2D eigenvalue weighted by atomic mass is 35.5. The van der Waals surface area contributed by atoms with E-state index >= 15 is 0 Å². The third-order valence-corrected chi connectivity index (χ3v) is 3.13. The average Bonchev–Trinajstić information content (AvgIpc) is 2.49. The summed E-state index contributed by atoms with van der Waals surface area (Å²) in [5.74, 6) is -0.942. The quantitative estimate of drug-likeness (QED) is 0.477. The first kappa shape index (κ1) is 18.0. The van der Waals surface area contributed by atoms with Crippen LogP contribution in [0.1, 0.15) is 32.8 Å². The topological polar surface area (TPSA) is 79.8 Å². The van der Waals surface area contributed by atoms with Gasteiger partial charge < -0.3 is 10.1 Å². The maximum atomic E-state index is 11.5. The zero-order chi connectivity index (χ0) is 16.5. The molecule has 0 aliphatic rings. The van der Waals surface area contributed by atoms with Crippen LogP contribution in [0.4, 0.5) is 0 Å². The minimum absolute atomic E-state index is 0.0628. The van der Waals surface area contributed by atoms with Crippen molar-refractivity contribution in [3.8, 4) is 5.75 Å². The van der Waals surface area contributed by atoms with Crippen LogP contribution < -0.4 is 15.5 Å². The molecule has 0 aliphatic carbocycles. The van der Waals surface area contributed by atoms with Crippen molar-refractivity contribution in [1.82, 2.24) is 10.7 Å². The molecule has 1 aromatic rings. The minimum Gasteiger partial charge on any atom is -0.492 e. The highest BCUT2D eigenvalue weighted by Crippen LogP contribution is 2.24. The number of carbonyl (C=O) groups excluding carboxylic acids is 2. The third kappa shape index (κ3) is 5.73. The first-order valence-electron chi connectivity index (χ1n) is 7.04. The minimum atomic E-state index is -0.811. The summed E-state index contributed by atoms with van der Waals surface area (Å²) in [4.78, 5) is 23.0. The molecule has 2 N–H and O–H groups in total. The fourth-order valence-electron chi connectivity index (χ4n) is 1.48. The zero-order valence-corrected chi connectivity index (χ0v) is 13.6. The maximum Gasteiger partial charge on any atom is 0.329 e. The van der Waals surface area contributed by atoms with Gasteiger partial charge in [-0.2, -0.15) is 5.10 Å². The summed E-state index contributed by atoms with van der Waals surface area (Å²) in [7, 11) is 0. The number of benzene rings is 1. The first-order valence-corrected chi connectivity index (χ1v) is 7.41. The molecule has 0 fully saturated rings. The molecule has 0 radical (unpaired) electrons. The van der Waals surface area contributed by atoms with Crippen LogP contribution in [-0.4, -0.2) is 30.7 Å². The van der Waals surface area contributed by atoms with E-state index in [0.717, 1.165) is 6.42 Å². The van der Waals surface area contributed by atoms with Crippen LogP contribution in [0.2, 0.25) is 5.02 Å². The Hall–Kier alpha value is -2.08. The number of halogens is 1. The summed E-state index contributed by atoms with van der Waals surface area (Å²) in [6.07, 6.45) is 2.14. The van der Waals surface area contributed by atoms with Gasteiger partial charge in [0.1, 0.15) is 5.75 Å². The predicted octanol–water partition coefficient (Wildman–Crippen LogP) is 2.10. The molecule has 0 aromatic heterocycles. The molecule has 1 atom stereocenters. The van der Waals surface area contributed by atoms with E-state index in [4.69, 9.17) is 16.3 Å². The molecule has 0 bridgehead atoms. The Labute approximate surface area is 134 Å². The average molecular weight is 326 g/mol. The molecule has 0 heterocycles. The molecular formula is C15H20ClN3O3. The van der Waals surface area contributed by atoms with Crippen molar-refractivity contribution in [3.05, 3.63) is 28.8 Å². The maximum absolute atomic E-state index is 11.5. The lowest BCUT2D eigenvalue weighted by Gasteiger charge is -2.09. The Morgan fingerprint density at radius 1 is 1.36 bits per heavy atom. The van der Waals surface area contributed by atoms with Gasteiger partial charge in [-0.05, 0) is 44.0 Å². The molecular weight excluding hydrogens is 306 g/mol. The Morgan fingerprint density at radius 2 is 2.09 bits per heavy atom. The van der Waals surface area contributed by atoms with E-state index in [1.54, 1.807) is 18.2 Å². The van der Waals surface area contributed by atoms with Crippen molar-refractivity contribution in [3.63, 3.8) is 0 Å². The molecule has 0 aliphatic heterocycles. The molecule has 22 heavy (non-hydrogen) atoms. The van der Waals surface area contributed by atoms with Crippen LogP contribution in [0.25, 0.3) is 0 Å². The van der Waals surface area contributed by atoms with Gasteiger partial charge in [0.25, 0.3) is 0 Å². The van der Waals surface area contributed by atoms with E-state index in [9.17, 15) is 9.59 Å². The van der Waals surface area contributed by atoms with E-state index in [-0.39, 0.29) is 6.04 Å². The Morgan fingerprint density at radius 3 is 2.68 bits per heavy atom. The summed E-state index contributed by atoms with van der Waals surface area (Å²) in [5, 5.41) is 6.72. The van der Waals surface area contributed by atoms with Crippen LogP contribution in [0, 0.1) is 0 Å². The lowest BCUT2D eigenvalue weighted by molar-refractivity contribution is -0.139. The van der Waals surface area contributed by atoms with Gasteiger partial charge in [-0.3, -0.25) is 9.59 Å². The van der Waals surface area contributed by atoms with E-state index < -0.39 is 11.8 Å². The number of nitrogens with zero attached hydrogens (tertiary/aromatic N) is 1. The molecule has 1 aromatic carbocycles. The van der Waals surface area contributed by atoms with Crippen molar-refractivity contribution >= 4 is 29.6 Å². The normalized spacial score (nSPS) is 12.0. The Balaban J connectivity index is 2.57. The van der Waals surface area contributed by atoms with E-state index in [0.29, 0.717) is 22.9 Å². The van der Waals surface area contributed by atoms with Crippen LogP contribution in [0.15, 0.2) is 23.3 Å². The number of rotatable bonds is 6. The number of hydrogen-bond acceptors (Lipinski definition) is 4. The van der Waals surface area contributed by atoms with Crippen molar-refractivity contribution < 1.29 is 14.3 Å². The summed E-state index contributed by atoms with van der Waals surface area (Å²) >= 11 is 6.04. The number of carbonyl (C=O) groups is 2. The standard InChI is InChI=1S/C15H20ClN3O3/c1-4-10(3)18-14(20)15(21)19-17-9-11-6-7-13(22-5-2)12(16)8-11/h6-10H,4-5H2,1-3H3,(H,18,20)(H,19,21)/b17-9-/t10-/m0/s1. The van der Waals surface area contributed by atoms with Gasteiger partial charge in [-0.25, -0.2) is 5.43 Å². The molecule has 1 rings (SSSR count). The second-order valence-corrected chi connectivity index (χ2v) is 5.01. The van der Waals surface area contributed by atoms with Crippen molar-refractivity contribution in [2.75, 3.05) is 6.61 Å². The fraction of sp³-hybridized carbons (Fsp3) is 0.400. The molecule has 0 saturated carbocycles. The molecule has 120 valence electrons. The Bertz CT molecular complexity index is 561. The van der Waals surface area contributed by atoms with Gasteiger partial charge in [0, 0.05) is 6.04 Å². The second kappa shape index (κ2) is 9.04. The fourth-order valence-corrected chi connectivity index (χ4v) is 1.72. The van der Waals surface area contributed by atoms with Crippen molar-refractivity contribution in [1.29, 1.82) is 0 Å². The number of nitrogens with one attached hydrogen (secondary N) is 2. The lowest BCUT2D eigenvalue weighted by atomic mass is 10.2. The summed E-state index contributed by atoms with van der Waals surface area (Å²) in [6.45, 7) is 6.12. The first-order chi connectivity index (χ1) is 10.5. The van der Waals surface area contributed by atoms with Crippen LogP contribution >= 0.6 is 11.6 Å². The monoisotopic (exact) mass is 325 g/mol. The highest BCUT2D eigenvalue weighted by molar-refractivity contribution is 6.35. The van der Waals surface area contributed by atoms with Gasteiger partial charge in [0.2, 0.25) is 0 Å². The van der Waals surface area contributed by atoms with Crippen molar-refractivity contribution in [2.45, 2.75) is 33.2 Å². The molecule has 0 spiro atoms. The zero-order valence-electron chi connectivity index (χ0n) is 12.9. The van der Waals surface area contributed by atoms with Gasteiger partial charge in [-0.1, -0.05) is 18.5 Å². The SMILES string of the molecule is CCOc1ccc(/C=N\NC(=O)C(=O)N[C@@H](C)CC)cc1Cl. The smallest absolute Gasteiger partial charge is 0.329 e. The van der Waals surface area contributed by atoms with Crippen LogP contribution in [0.3, 0.4) is 0 Å². The van der Waals surface area contributed by atoms with Crippen LogP contribution in [-0.2, 0) is 9.59 Å². The summed E-state index contributed by atoms with van der Waals surface area (Å²) in [5.41, 5.74) is 2.84. The summed E-state index contributed by atoms with van der Waals surface area (Å²) in [6, 6.07) is 5.05. The summed E-state index contributed by atoms with van der Waals surface area (Å²) < 4.78 is 5.31. The van der Waals surface area contributed by atoms with Gasteiger partial charge in [0.05, 0.1) is 17.8 Å². The Kier molecular flexibility index (Phi) is 7.39. The second-order valence-electron chi connectivity index (χ2n) is 4.60. The van der Waals surface area contributed by atoms with Gasteiger partial charge in [-0.15, -0.1) is 0 Å². The molecule has 0 unspecified atom stereocenters. The molecule has 0 saturated heterocycles.